The molecule has 0 saturated heterocycles. The fourth-order valence-corrected chi connectivity index (χ4v) is 29.7. The first-order valence-electron chi connectivity index (χ1n) is 16.1. The molecule has 0 aromatic heterocycles. The van der Waals surface area contributed by atoms with E-state index in [1.165, 1.54) is 61.2 Å². The van der Waals surface area contributed by atoms with E-state index >= 15 is 0 Å². The minimum Gasteiger partial charge on any atom is -0.147 e. The molecule has 0 bridgehead atoms. The van der Waals surface area contributed by atoms with Crippen molar-refractivity contribution in [2.24, 2.45) is 5.92 Å². The van der Waals surface area contributed by atoms with Crippen LogP contribution in [0.4, 0.5) is 0 Å². The average Bonchev–Trinajstić information content (AvgIpc) is 3.50. The zero-order valence-corrected chi connectivity index (χ0v) is 34.3. The smallest absolute Gasteiger partial charge is 0.147 e. The topological polar surface area (TPSA) is 0 Å². The molecular formula is C41H50Cl2SiZr. The number of fused-ring (bicyclic) bond motifs is 2. The Morgan fingerprint density at radius 3 is 1.58 bits per heavy atom. The summed E-state index contributed by atoms with van der Waals surface area (Å²) < 4.78 is 6.59. The Hall–Kier alpha value is -1.96. The molecule has 0 fully saturated rings. The molecule has 0 N–H and O–H groups in total. The van der Waals surface area contributed by atoms with E-state index < -0.39 is 17.4 Å². The van der Waals surface area contributed by atoms with Gasteiger partial charge in [0.05, 0.1) is 0 Å². The van der Waals surface area contributed by atoms with Crippen molar-refractivity contribution in [2.75, 3.05) is 0 Å². The van der Waals surface area contributed by atoms with Gasteiger partial charge in [0, 0.05) is 0 Å². The van der Waals surface area contributed by atoms with Crippen molar-refractivity contribution in [2.45, 2.75) is 71.9 Å². The Bertz CT molecular complexity index is 1910. The predicted molar refractivity (Wildman–Crippen MR) is 204 cm³/mol. The molecule has 0 saturated carbocycles. The summed E-state index contributed by atoms with van der Waals surface area (Å²) in [5.74, 6) is 0.507. The quantitative estimate of drug-likeness (QED) is 0.179. The molecule has 2 unspecified atom stereocenters. The number of hydrogen-bond donors (Lipinski definition) is 0. The van der Waals surface area contributed by atoms with E-state index in [1.54, 1.807) is 22.3 Å². The molecule has 0 aliphatic heterocycles. The third-order valence-corrected chi connectivity index (χ3v) is 28.3. The Kier molecular flexibility index (Phi) is 10.0. The number of rotatable bonds is 5. The Morgan fingerprint density at radius 2 is 1.07 bits per heavy atom. The van der Waals surface area contributed by atoms with E-state index in [2.05, 4.69) is 150 Å². The molecule has 2 atom stereocenters. The van der Waals surface area contributed by atoms with Gasteiger partial charge in [-0.25, -0.2) is 0 Å². The van der Waals surface area contributed by atoms with Crippen molar-refractivity contribution in [1.82, 2.24) is 0 Å². The van der Waals surface area contributed by atoms with Crippen LogP contribution in [0.2, 0.25) is 9.26 Å². The van der Waals surface area contributed by atoms with E-state index in [4.69, 9.17) is 0 Å². The third kappa shape index (κ3) is 5.67. The van der Waals surface area contributed by atoms with Gasteiger partial charge in [-0.2, -0.15) is 0 Å². The van der Waals surface area contributed by atoms with Crippen molar-refractivity contribution < 1.29 is 17.4 Å². The minimum atomic E-state index is -3.70. The summed E-state index contributed by atoms with van der Waals surface area (Å²) in [6.45, 7) is 21.2. The molecule has 0 amide bonds. The second kappa shape index (κ2) is 12.6. The van der Waals surface area contributed by atoms with Gasteiger partial charge in [-0.15, -0.1) is 24.8 Å². The molecule has 236 valence electrons. The summed E-state index contributed by atoms with van der Waals surface area (Å²) in [6.07, 6.45) is 5.19. The molecule has 0 spiro atoms. The van der Waals surface area contributed by atoms with Crippen LogP contribution in [-0.2, 0) is 17.4 Å². The Labute approximate surface area is 287 Å². The molecule has 0 radical (unpaired) electrons. The molecule has 6 rings (SSSR count). The van der Waals surface area contributed by atoms with Crippen LogP contribution in [0, 0.1) is 40.5 Å². The standard InChI is InChI=1S/C20H21.C19H19.2CH3.2ClH.H2Si.Zr/c1-13(2)17-11-16-9-6-10-18(19(16)12-17)20-14(3)7-5-8-15(20)4;1-12-10-17-13(2)8-9-16(18(17)11-12)19-14(3)6-5-7-15(19)4;;;;;;/h5-13H,1-4H3;5-11H,1-4H3;2*1H3;2*1H;1H2;. The number of hydrogen-bond acceptors (Lipinski definition) is 0. The van der Waals surface area contributed by atoms with E-state index in [1.807, 2.05) is 0 Å². The minimum absolute atomic E-state index is 0. The van der Waals surface area contributed by atoms with Crippen LogP contribution in [0.25, 0.3) is 34.4 Å². The normalized spacial score (nSPS) is 17.2. The largest absolute Gasteiger partial charge is 0.147 e. The second-order valence-electron chi connectivity index (χ2n) is 15.1. The molecule has 0 nitrogen and oxygen atoms in total. The van der Waals surface area contributed by atoms with Gasteiger partial charge < -0.3 is 0 Å². The summed E-state index contributed by atoms with van der Waals surface area (Å²) in [5.41, 5.74) is 22.0. The van der Waals surface area contributed by atoms with Crippen molar-refractivity contribution in [3.05, 3.63) is 128 Å². The van der Waals surface area contributed by atoms with Gasteiger partial charge in [0.1, 0.15) is 0 Å². The van der Waals surface area contributed by atoms with Gasteiger partial charge in [0.25, 0.3) is 0 Å². The first-order chi connectivity index (χ1) is 20.2. The average molecular weight is 733 g/mol. The fourth-order valence-electron chi connectivity index (χ4n) is 9.11. The number of benzene rings is 4. The maximum absolute atomic E-state index is 3.70. The van der Waals surface area contributed by atoms with Gasteiger partial charge in [-0.05, 0) is 0 Å². The van der Waals surface area contributed by atoms with Crippen LogP contribution >= 0.6 is 24.8 Å². The predicted octanol–water partition coefficient (Wildman–Crippen LogP) is 12.0. The van der Waals surface area contributed by atoms with E-state index in [9.17, 15) is 0 Å². The maximum Gasteiger partial charge on any atom is -0.147 e. The molecule has 2 aliphatic carbocycles. The SMILES string of the molecule is CC1=Cc2c(-c3c(C)cccc3C)ccc(C)c2[CH]1[Zr]([CH3])([CH3])(=[SiH2])[CH]1C(C(C)C)=Cc2c(-c3c(C)cccc3C)cccc21.Cl.Cl. The molecule has 0 heterocycles. The van der Waals surface area contributed by atoms with Gasteiger partial charge >= 0.3 is 264 Å². The van der Waals surface area contributed by atoms with Crippen LogP contribution in [0.3, 0.4) is 0 Å². The van der Waals surface area contributed by atoms with Crippen molar-refractivity contribution in [1.29, 1.82) is 0 Å². The number of allylic oxidation sites excluding steroid dienone is 2. The van der Waals surface area contributed by atoms with Crippen molar-refractivity contribution >= 4 is 43.8 Å². The third-order valence-electron chi connectivity index (χ3n) is 10.8. The first kappa shape index (κ1) is 35.9. The summed E-state index contributed by atoms with van der Waals surface area (Å²) in [7, 11) is 0. The number of halogens is 2. The summed E-state index contributed by atoms with van der Waals surface area (Å²) in [5, 5.41) is 0. The maximum atomic E-state index is 2.78. The molecule has 2 aliphatic rings. The van der Waals surface area contributed by atoms with Gasteiger partial charge in [0.2, 0.25) is 0 Å². The molecule has 4 aromatic rings. The van der Waals surface area contributed by atoms with Crippen LogP contribution in [0.5, 0.6) is 0 Å². The van der Waals surface area contributed by atoms with E-state index in [0.717, 1.165) is 0 Å². The van der Waals surface area contributed by atoms with Crippen molar-refractivity contribution in [3.8, 4) is 22.3 Å². The Balaban J connectivity index is 0.00000230. The summed E-state index contributed by atoms with van der Waals surface area (Å²) in [6, 6.07) is 25.5. The first-order valence-corrected chi connectivity index (χ1v) is 29.8. The zero-order chi connectivity index (χ0) is 31.0. The van der Waals surface area contributed by atoms with Gasteiger partial charge in [-0.3, -0.25) is 0 Å². The summed E-state index contributed by atoms with van der Waals surface area (Å²) >= 11 is -3.70. The molecule has 4 heteroatoms. The van der Waals surface area contributed by atoms with Crippen LogP contribution in [0.15, 0.2) is 77.9 Å². The second-order valence-corrected chi connectivity index (χ2v) is 45.6. The molecule has 45 heavy (non-hydrogen) atoms. The molecule has 4 aromatic carbocycles. The van der Waals surface area contributed by atoms with Gasteiger partial charge in [-0.1, -0.05) is 0 Å². The van der Waals surface area contributed by atoms with E-state index in [0.29, 0.717) is 13.2 Å². The fraction of sp³-hybridized carbons (Fsp3) is 0.317. The van der Waals surface area contributed by atoms with Crippen LogP contribution in [-0.4, -0.2) is 6.88 Å². The van der Waals surface area contributed by atoms with Crippen molar-refractivity contribution in [3.63, 3.8) is 0 Å². The van der Waals surface area contributed by atoms with E-state index in [-0.39, 0.29) is 24.8 Å². The monoisotopic (exact) mass is 730 g/mol. The van der Waals surface area contributed by atoms with Crippen LogP contribution < -0.4 is 0 Å². The number of aryl methyl sites for hydroxylation is 5. The molecular weight excluding hydrogens is 683 g/mol. The summed E-state index contributed by atoms with van der Waals surface area (Å²) in [4.78, 5) is 0. The van der Waals surface area contributed by atoms with Gasteiger partial charge in [0.15, 0.2) is 0 Å². The Morgan fingerprint density at radius 1 is 0.578 bits per heavy atom. The zero-order valence-electron chi connectivity index (χ0n) is 28.8. The van der Waals surface area contributed by atoms with Crippen LogP contribution in [0.1, 0.15) is 78.1 Å².